The number of hydrogen-bond donors (Lipinski definition) is 1. The smallest absolute Gasteiger partial charge is 0.241 e. The molecule has 0 aromatic heterocycles. The lowest BCUT2D eigenvalue weighted by molar-refractivity contribution is -0.120. The maximum Gasteiger partial charge on any atom is 0.241 e. The van der Waals surface area contributed by atoms with E-state index in [1.54, 1.807) is 4.90 Å². The quantitative estimate of drug-likeness (QED) is 0.920. The molecule has 136 valence electrons. The number of aryl methyl sites for hydroxylation is 1. The molecule has 0 fully saturated rings. The highest BCUT2D eigenvalue weighted by molar-refractivity contribution is 6.04. The number of benzene rings is 2. The van der Waals surface area contributed by atoms with Crippen molar-refractivity contribution < 1.29 is 9.59 Å². The van der Waals surface area contributed by atoms with Gasteiger partial charge in [-0.1, -0.05) is 42.0 Å². The largest absolute Gasteiger partial charge is 0.324 e. The molecule has 0 spiro atoms. The molecule has 5 heteroatoms. The van der Waals surface area contributed by atoms with E-state index in [-0.39, 0.29) is 17.9 Å². The van der Waals surface area contributed by atoms with Crippen LogP contribution in [0.2, 0.25) is 0 Å². The molecule has 5 nitrogen and oxygen atoms in total. The van der Waals surface area contributed by atoms with E-state index < -0.39 is 0 Å². The first-order valence-corrected chi connectivity index (χ1v) is 8.89. The average molecular weight is 351 g/mol. The second kappa shape index (κ2) is 7.70. The third kappa shape index (κ3) is 4.11. The van der Waals surface area contributed by atoms with Crippen molar-refractivity contribution in [3.8, 4) is 0 Å². The summed E-state index contributed by atoms with van der Waals surface area (Å²) >= 11 is 0. The molecular weight excluding hydrogens is 326 g/mol. The molecule has 1 N–H and O–H groups in total. The monoisotopic (exact) mass is 351 g/mol. The van der Waals surface area contributed by atoms with Gasteiger partial charge >= 0.3 is 0 Å². The Morgan fingerprint density at radius 3 is 2.62 bits per heavy atom. The zero-order valence-electron chi connectivity index (χ0n) is 15.5. The zero-order valence-corrected chi connectivity index (χ0v) is 15.5. The summed E-state index contributed by atoms with van der Waals surface area (Å²) < 4.78 is 0. The van der Waals surface area contributed by atoms with Crippen molar-refractivity contribution in [2.45, 2.75) is 32.9 Å². The van der Waals surface area contributed by atoms with E-state index >= 15 is 0 Å². The van der Waals surface area contributed by atoms with Gasteiger partial charge in [0.2, 0.25) is 11.8 Å². The summed E-state index contributed by atoms with van der Waals surface area (Å²) in [6.45, 7) is 4.97. The summed E-state index contributed by atoms with van der Waals surface area (Å²) in [7, 11) is 1.94. The third-order valence-corrected chi connectivity index (χ3v) is 4.61. The van der Waals surface area contributed by atoms with Crippen LogP contribution in [0, 0.1) is 6.92 Å². The summed E-state index contributed by atoms with van der Waals surface area (Å²) in [4.78, 5) is 28.8. The van der Waals surface area contributed by atoms with Crippen molar-refractivity contribution in [1.29, 1.82) is 0 Å². The summed E-state index contributed by atoms with van der Waals surface area (Å²) in [6, 6.07) is 15.6. The Labute approximate surface area is 154 Å². The molecule has 3 rings (SSSR count). The maximum absolute atomic E-state index is 13.0. The molecule has 0 saturated carbocycles. The van der Waals surface area contributed by atoms with Gasteiger partial charge in [0, 0.05) is 19.0 Å². The van der Waals surface area contributed by atoms with Crippen LogP contribution in [0.25, 0.3) is 0 Å². The molecule has 2 amide bonds. The van der Waals surface area contributed by atoms with Crippen LogP contribution in [0.15, 0.2) is 48.5 Å². The van der Waals surface area contributed by atoms with E-state index in [0.717, 1.165) is 5.69 Å². The van der Waals surface area contributed by atoms with E-state index in [1.165, 1.54) is 11.1 Å². The molecule has 0 bridgehead atoms. The minimum atomic E-state index is -0.182. The maximum atomic E-state index is 13.0. The number of hydrogen-bond acceptors (Lipinski definition) is 3. The standard InChI is InChI=1S/C21H25N3O2/c1-15-8-10-17(11-9-15)13-23(3)14-21(26)24-16(2)12-20(25)22-18-6-4-5-7-19(18)24/h4-11,16H,12-14H2,1-3H3,(H,22,25). The number of nitrogens with zero attached hydrogens (tertiary/aromatic N) is 2. The van der Waals surface area contributed by atoms with Crippen LogP contribution >= 0.6 is 0 Å². The van der Waals surface area contributed by atoms with Crippen LogP contribution in [-0.4, -0.2) is 36.3 Å². The predicted octanol–water partition coefficient (Wildman–Crippen LogP) is 3.19. The van der Waals surface area contributed by atoms with Crippen molar-refractivity contribution in [2.75, 3.05) is 23.8 Å². The third-order valence-electron chi connectivity index (χ3n) is 4.61. The van der Waals surface area contributed by atoms with Gasteiger partial charge in [-0.05, 0) is 38.6 Å². The Balaban J connectivity index is 1.75. The van der Waals surface area contributed by atoms with E-state index in [0.29, 0.717) is 25.2 Å². The number of anilines is 2. The van der Waals surface area contributed by atoms with Crippen molar-refractivity contribution in [3.63, 3.8) is 0 Å². The van der Waals surface area contributed by atoms with Crippen LogP contribution in [0.5, 0.6) is 0 Å². The normalized spacial score (nSPS) is 16.8. The summed E-state index contributed by atoms with van der Waals surface area (Å²) in [6.07, 6.45) is 0.294. The van der Waals surface area contributed by atoms with Crippen LogP contribution in [-0.2, 0) is 16.1 Å². The van der Waals surface area contributed by atoms with Gasteiger partial charge in [0.1, 0.15) is 0 Å². The number of nitrogens with one attached hydrogen (secondary N) is 1. The van der Waals surface area contributed by atoms with Gasteiger partial charge in [-0.3, -0.25) is 14.5 Å². The number of carbonyl (C=O) groups excluding carboxylic acids is 2. The van der Waals surface area contributed by atoms with Crippen LogP contribution in [0.3, 0.4) is 0 Å². The Morgan fingerprint density at radius 2 is 1.88 bits per heavy atom. The second-order valence-electron chi connectivity index (χ2n) is 7.04. The van der Waals surface area contributed by atoms with Crippen LogP contribution < -0.4 is 10.2 Å². The second-order valence-corrected chi connectivity index (χ2v) is 7.04. The number of fused-ring (bicyclic) bond motifs is 1. The number of amides is 2. The van der Waals surface area contributed by atoms with Gasteiger partial charge in [-0.25, -0.2) is 0 Å². The topological polar surface area (TPSA) is 52.7 Å². The van der Waals surface area contributed by atoms with E-state index in [9.17, 15) is 9.59 Å². The van der Waals surface area contributed by atoms with E-state index in [1.807, 2.05) is 43.1 Å². The van der Waals surface area contributed by atoms with Gasteiger partial charge in [0.05, 0.1) is 17.9 Å². The lowest BCUT2D eigenvalue weighted by Crippen LogP contribution is -2.44. The minimum Gasteiger partial charge on any atom is -0.324 e. The molecular formula is C21H25N3O2. The molecule has 0 radical (unpaired) electrons. The fraction of sp³-hybridized carbons (Fsp3) is 0.333. The van der Waals surface area contributed by atoms with Crippen LogP contribution in [0.4, 0.5) is 11.4 Å². The van der Waals surface area contributed by atoms with Gasteiger partial charge in [-0.2, -0.15) is 0 Å². The molecule has 1 aliphatic heterocycles. The molecule has 1 heterocycles. The highest BCUT2D eigenvalue weighted by Gasteiger charge is 2.29. The van der Waals surface area contributed by atoms with Gasteiger partial charge in [0.25, 0.3) is 0 Å². The summed E-state index contributed by atoms with van der Waals surface area (Å²) in [5, 5.41) is 2.89. The van der Waals surface area contributed by atoms with Crippen molar-refractivity contribution in [2.24, 2.45) is 0 Å². The molecule has 26 heavy (non-hydrogen) atoms. The Morgan fingerprint density at radius 1 is 1.19 bits per heavy atom. The average Bonchev–Trinajstić information content (AvgIpc) is 2.71. The number of rotatable bonds is 4. The first-order valence-electron chi connectivity index (χ1n) is 8.89. The molecule has 1 aliphatic rings. The summed E-state index contributed by atoms with van der Waals surface area (Å²) in [5.74, 6) is -0.0654. The van der Waals surface area contributed by atoms with Gasteiger partial charge in [-0.15, -0.1) is 0 Å². The molecule has 2 aromatic rings. The molecule has 2 aromatic carbocycles. The van der Waals surface area contributed by atoms with Crippen molar-refractivity contribution in [1.82, 2.24) is 4.90 Å². The first-order chi connectivity index (χ1) is 12.4. The minimum absolute atomic E-state index is 0.00365. The highest BCUT2D eigenvalue weighted by atomic mass is 16.2. The fourth-order valence-corrected chi connectivity index (χ4v) is 3.34. The van der Waals surface area contributed by atoms with E-state index in [2.05, 4.69) is 36.5 Å². The van der Waals surface area contributed by atoms with Crippen molar-refractivity contribution >= 4 is 23.2 Å². The Kier molecular flexibility index (Phi) is 5.38. The van der Waals surface area contributed by atoms with E-state index in [4.69, 9.17) is 0 Å². The lowest BCUT2D eigenvalue weighted by atomic mass is 10.1. The number of para-hydroxylation sites is 2. The molecule has 1 unspecified atom stereocenters. The SMILES string of the molecule is Cc1ccc(CN(C)CC(=O)N2c3ccccc3NC(=O)CC2C)cc1. The van der Waals surface area contributed by atoms with Gasteiger partial charge < -0.3 is 10.2 Å². The first kappa shape index (κ1) is 18.1. The molecule has 0 saturated heterocycles. The highest BCUT2D eigenvalue weighted by Crippen LogP contribution is 2.31. The number of likely N-dealkylation sites (N-methyl/N-ethyl adjacent to an activating group) is 1. The zero-order chi connectivity index (χ0) is 18.7. The lowest BCUT2D eigenvalue weighted by Gasteiger charge is -2.29. The summed E-state index contributed by atoms with van der Waals surface area (Å²) in [5.41, 5.74) is 3.85. The fourth-order valence-electron chi connectivity index (χ4n) is 3.34. The van der Waals surface area contributed by atoms with Crippen molar-refractivity contribution in [3.05, 3.63) is 59.7 Å². The van der Waals surface area contributed by atoms with Gasteiger partial charge in [0.15, 0.2) is 0 Å². The predicted molar refractivity (Wildman–Crippen MR) is 104 cm³/mol. The Hall–Kier alpha value is -2.66. The molecule has 0 aliphatic carbocycles. The Bertz CT molecular complexity index is 801. The molecule has 1 atom stereocenters. The van der Waals surface area contributed by atoms with Crippen LogP contribution in [0.1, 0.15) is 24.5 Å². The number of carbonyl (C=O) groups is 2.